The number of hydrogen-bond donors (Lipinski definition) is 1. The molecule has 0 saturated heterocycles. The molecule has 0 unspecified atom stereocenters. The zero-order valence-electron chi connectivity index (χ0n) is 11.2. The Bertz CT molecular complexity index is 788. The number of cyclic esters (lactones) is 1. The van der Waals surface area contributed by atoms with Crippen LogP contribution in [0.3, 0.4) is 0 Å². The number of halogens is 2. The summed E-state index contributed by atoms with van der Waals surface area (Å²) in [7, 11) is 0. The van der Waals surface area contributed by atoms with Gasteiger partial charge in [-0.15, -0.1) is 0 Å². The van der Waals surface area contributed by atoms with Crippen molar-refractivity contribution in [3.8, 4) is 0 Å². The van der Waals surface area contributed by atoms with Gasteiger partial charge in [-0.2, -0.15) is 0 Å². The maximum Gasteiger partial charge on any atom is 0.348 e. The Morgan fingerprint density at radius 2 is 1.45 bits per heavy atom. The number of aliphatic hydroxyl groups is 1. The van der Waals surface area contributed by atoms with E-state index in [9.17, 15) is 9.90 Å². The minimum Gasteiger partial charge on any atom is -0.504 e. The number of esters is 1. The molecule has 1 heterocycles. The van der Waals surface area contributed by atoms with Gasteiger partial charge in [-0.3, -0.25) is 0 Å². The maximum absolute atomic E-state index is 12.0. The van der Waals surface area contributed by atoms with Crippen molar-refractivity contribution in [1.29, 1.82) is 0 Å². The van der Waals surface area contributed by atoms with Crippen LogP contribution in [0.15, 0.2) is 60.0 Å². The molecule has 3 nitrogen and oxygen atoms in total. The van der Waals surface area contributed by atoms with Crippen LogP contribution in [0.4, 0.5) is 0 Å². The Labute approximate surface area is 137 Å². The number of carbonyl (C=O) groups excluding carboxylic acids is 1. The van der Waals surface area contributed by atoms with Crippen LogP contribution in [0.5, 0.6) is 0 Å². The summed E-state index contributed by atoms with van der Waals surface area (Å²) in [5, 5.41) is 11.4. The third-order valence-corrected chi connectivity index (χ3v) is 3.68. The van der Waals surface area contributed by atoms with Crippen LogP contribution in [0.25, 0.3) is 11.6 Å². The van der Waals surface area contributed by atoms with Crippen molar-refractivity contribution in [3.63, 3.8) is 0 Å². The number of rotatable bonds is 2. The lowest BCUT2D eigenvalue weighted by atomic mass is 10.1. The second-order valence-electron chi connectivity index (χ2n) is 4.68. The molecule has 2 aromatic rings. The van der Waals surface area contributed by atoms with Crippen LogP contribution in [0, 0.1) is 0 Å². The summed E-state index contributed by atoms with van der Waals surface area (Å²) < 4.78 is 5.14. The van der Waals surface area contributed by atoms with Gasteiger partial charge in [-0.1, -0.05) is 47.5 Å². The second kappa shape index (κ2) is 5.87. The highest BCUT2D eigenvalue weighted by molar-refractivity contribution is 6.31. The van der Waals surface area contributed by atoms with Gasteiger partial charge in [0.25, 0.3) is 0 Å². The fourth-order valence-corrected chi connectivity index (χ4v) is 2.35. The van der Waals surface area contributed by atoms with E-state index in [1.54, 1.807) is 54.6 Å². The van der Waals surface area contributed by atoms with E-state index in [4.69, 9.17) is 27.9 Å². The molecular formula is C17H10Cl2O3. The summed E-state index contributed by atoms with van der Waals surface area (Å²) in [5.74, 6) is -0.681. The summed E-state index contributed by atoms with van der Waals surface area (Å²) in [5.41, 5.74) is 1.43. The molecule has 1 aliphatic rings. The van der Waals surface area contributed by atoms with Crippen molar-refractivity contribution in [2.75, 3.05) is 0 Å². The van der Waals surface area contributed by atoms with E-state index >= 15 is 0 Å². The van der Waals surface area contributed by atoms with Crippen LogP contribution >= 0.6 is 23.2 Å². The molecular weight excluding hydrogens is 323 g/mol. The van der Waals surface area contributed by atoms with E-state index in [0.29, 0.717) is 15.6 Å². The highest BCUT2D eigenvalue weighted by Gasteiger charge is 2.30. The van der Waals surface area contributed by atoms with Crippen LogP contribution in [-0.2, 0) is 9.53 Å². The smallest absolute Gasteiger partial charge is 0.348 e. The summed E-state index contributed by atoms with van der Waals surface area (Å²) >= 11 is 11.6. The van der Waals surface area contributed by atoms with E-state index in [0.717, 1.165) is 5.56 Å². The molecule has 0 bridgehead atoms. The van der Waals surface area contributed by atoms with Crippen LogP contribution in [0.2, 0.25) is 10.0 Å². The van der Waals surface area contributed by atoms with E-state index in [1.807, 2.05) is 0 Å². The molecule has 5 heteroatoms. The molecule has 22 heavy (non-hydrogen) atoms. The fourth-order valence-electron chi connectivity index (χ4n) is 2.10. The largest absolute Gasteiger partial charge is 0.504 e. The lowest BCUT2D eigenvalue weighted by Gasteiger charge is -1.99. The molecule has 1 N–H and O–H groups in total. The van der Waals surface area contributed by atoms with E-state index in [1.165, 1.54) is 0 Å². The summed E-state index contributed by atoms with van der Waals surface area (Å²) in [6.45, 7) is 0. The van der Waals surface area contributed by atoms with E-state index < -0.39 is 5.97 Å². The molecule has 0 atom stereocenters. The molecule has 0 radical (unpaired) electrons. The minimum atomic E-state index is -0.597. The number of aliphatic hydroxyl groups excluding tert-OH is 1. The second-order valence-corrected chi connectivity index (χ2v) is 5.55. The first-order chi connectivity index (χ1) is 10.5. The molecule has 3 rings (SSSR count). The Kier molecular flexibility index (Phi) is 3.92. The van der Waals surface area contributed by atoms with Crippen molar-refractivity contribution in [1.82, 2.24) is 0 Å². The van der Waals surface area contributed by atoms with Gasteiger partial charge in [0.15, 0.2) is 11.5 Å². The van der Waals surface area contributed by atoms with Crippen molar-refractivity contribution >= 4 is 40.8 Å². The quantitative estimate of drug-likeness (QED) is 0.799. The predicted octanol–water partition coefficient (Wildman–Crippen LogP) is 4.86. The first kappa shape index (κ1) is 14.7. The minimum absolute atomic E-state index is 0.109. The monoisotopic (exact) mass is 332 g/mol. The van der Waals surface area contributed by atoms with Gasteiger partial charge in [-0.05, 0) is 41.5 Å². The molecule has 0 aliphatic carbocycles. The molecule has 0 fully saturated rings. The highest BCUT2D eigenvalue weighted by atomic mass is 35.5. The van der Waals surface area contributed by atoms with Gasteiger partial charge in [0.1, 0.15) is 5.57 Å². The van der Waals surface area contributed by atoms with Crippen molar-refractivity contribution in [2.24, 2.45) is 0 Å². The van der Waals surface area contributed by atoms with Crippen molar-refractivity contribution < 1.29 is 14.6 Å². The zero-order valence-corrected chi connectivity index (χ0v) is 12.7. The Balaban J connectivity index is 2.00. The SMILES string of the molecule is O=C1OC(=Cc2ccc(Cl)cc2)C(O)=C1c1ccc(Cl)cc1. The molecule has 1 aliphatic heterocycles. The topological polar surface area (TPSA) is 46.5 Å². The normalized spacial score (nSPS) is 16.3. The van der Waals surface area contributed by atoms with Crippen LogP contribution in [-0.4, -0.2) is 11.1 Å². The van der Waals surface area contributed by atoms with Gasteiger partial charge >= 0.3 is 5.97 Å². The lowest BCUT2D eigenvalue weighted by Crippen LogP contribution is -1.98. The Morgan fingerprint density at radius 3 is 2.05 bits per heavy atom. The Morgan fingerprint density at radius 1 is 0.909 bits per heavy atom. The number of benzene rings is 2. The number of ether oxygens (including phenoxy) is 1. The van der Waals surface area contributed by atoms with Gasteiger partial charge in [-0.25, -0.2) is 4.79 Å². The van der Waals surface area contributed by atoms with Gasteiger partial charge in [0.05, 0.1) is 0 Å². The molecule has 0 spiro atoms. The third-order valence-electron chi connectivity index (χ3n) is 3.18. The number of carbonyl (C=O) groups is 1. The molecule has 0 saturated carbocycles. The first-order valence-corrected chi connectivity index (χ1v) is 7.19. The van der Waals surface area contributed by atoms with Gasteiger partial charge < -0.3 is 9.84 Å². The van der Waals surface area contributed by atoms with Crippen LogP contribution in [0.1, 0.15) is 11.1 Å². The predicted molar refractivity (Wildman–Crippen MR) is 86.5 cm³/mol. The highest BCUT2D eigenvalue weighted by Crippen LogP contribution is 2.33. The van der Waals surface area contributed by atoms with Crippen molar-refractivity contribution in [2.45, 2.75) is 0 Å². The Hall–Kier alpha value is -2.23. The number of hydrogen-bond acceptors (Lipinski definition) is 3. The van der Waals surface area contributed by atoms with Gasteiger partial charge in [0, 0.05) is 10.0 Å². The third kappa shape index (κ3) is 2.86. The summed E-state index contributed by atoms with van der Waals surface area (Å²) in [6, 6.07) is 13.5. The lowest BCUT2D eigenvalue weighted by molar-refractivity contribution is -0.131. The van der Waals surface area contributed by atoms with Crippen LogP contribution < -0.4 is 0 Å². The van der Waals surface area contributed by atoms with E-state index in [2.05, 4.69) is 0 Å². The summed E-state index contributed by atoms with van der Waals surface area (Å²) in [6.07, 6.45) is 1.58. The molecule has 110 valence electrons. The molecule has 2 aromatic carbocycles. The average molecular weight is 333 g/mol. The van der Waals surface area contributed by atoms with Gasteiger partial charge in [0.2, 0.25) is 0 Å². The standard InChI is InChI=1S/C17H10Cl2O3/c18-12-5-1-10(2-6-12)9-14-16(20)15(17(21)22-14)11-3-7-13(19)8-4-11/h1-9,20H. The van der Waals surface area contributed by atoms with E-state index in [-0.39, 0.29) is 17.1 Å². The summed E-state index contributed by atoms with van der Waals surface area (Å²) in [4.78, 5) is 12.0. The molecule has 0 amide bonds. The first-order valence-electron chi connectivity index (χ1n) is 6.43. The molecule has 0 aromatic heterocycles. The van der Waals surface area contributed by atoms with Crippen molar-refractivity contribution in [3.05, 3.63) is 81.2 Å². The fraction of sp³-hybridized carbons (Fsp3) is 0. The maximum atomic E-state index is 12.0. The average Bonchev–Trinajstić information content (AvgIpc) is 2.77. The zero-order chi connectivity index (χ0) is 15.7.